The van der Waals surface area contributed by atoms with Crippen LogP contribution in [0.25, 0.3) is 10.9 Å². The highest BCUT2D eigenvalue weighted by atomic mass is 16.1. The van der Waals surface area contributed by atoms with E-state index in [1.807, 2.05) is 19.1 Å². The predicted molar refractivity (Wildman–Crippen MR) is 104 cm³/mol. The van der Waals surface area contributed by atoms with Gasteiger partial charge in [0.15, 0.2) is 0 Å². The maximum Gasteiger partial charge on any atom is 0.268 e. The van der Waals surface area contributed by atoms with Crippen molar-refractivity contribution in [2.45, 2.75) is 46.7 Å². The molecule has 0 aliphatic rings. The van der Waals surface area contributed by atoms with Gasteiger partial charge in [-0.05, 0) is 37.5 Å². The lowest BCUT2D eigenvalue weighted by Crippen LogP contribution is -2.26. The summed E-state index contributed by atoms with van der Waals surface area (Å²) in [7, 11) is 0. The van der Waals surface area contributed by atoms with Gasteiger partial charge in [0.1, 0.15) is 5.69 Å². The third kappa shape index (κ3) is 3.60. The topological polar surface area (TPSA) is 34.0 Å². The van der Waals surface area contributed by atoms with Crippen LogP contribution in [0, 0.1) is 13.8 Å². The number of hydrogen-bond donors (Lipinski definition) is 1. The van der Waals surface area contributed by atoms with Crippen molar-refractivity contribution in [3.8, 4) is 0 Å². The molecule has 0 fully saturated rings. The highest BCUT2D eigenvalue weighted by Crippen LogP contribution is 2.26. The molecular formula is C22H26N2O. The zero-order valence-electron chi connectivity index (χ0n) is 15.3. The lowest BCUT2D eigenvalue weighted by Gasteiger charge is -2.12. The number of para-hydroxylation sites is 1. The molecule has 25 heavy (non-hydrogen) atoms. The Morgan fingerprint density at radius 3 is 2.48 bits per heavy atom. The van der Waals surface area contributed by atoms with E-state index in [0.717, 1.165) is 41.7 Å². The summed E-state index contributed by atoms with van der Waals surface area (Å²) in [6, 6.07) is 16.6. The van der Waals surface area contributed by atoms with Gasteiger partial charge in [-0.2, -0.15) is 0 Å². The summed E-state index contributed by atoms with van der Waals surface area (Å²) in [5, 5.41) is 4.26. The predicted octanol–water partition coefficient (Wildman–Crippen LogP) is 4.99. The Hall–Kier alpha value is -2.55. The summed E-state index contributed by atoms with van der Waals surface area (Å²) in [4.78, 5) is 12.9. The molecule has 0 unspecified atom stereocenters. The van der Waals surface area contributed by atoms with Gasteiger partial charge in [0.05, 0.1) is 0 Å². The maximum absolute atomic E-state index is 12.9. The van der Waals surface area contributed by atoms with Crippen LogP contribution < -0.4 is 5.32 Å². The largest absolute Gasteiger partial charge is 0.347 e. The second-order valence-electron chi connectivity index (χ2n) is 6.66. The Morgan fingerprint density at radius 1 is 1.04 bits per heavy atom. The summed E-state index contributed by atoms with van der Waals surface area (Å²) in [5.41, 5.74) is 5.35. The van der Waals surface area contributed by atoms with E-state index in [2.05, 4.69) is 60.1 Å². The van der Waals surface area contributed by atoms with E-state index in [9.17, 15) is 4.79 Å². The van der Waals surface area contributed by atoms with E-state index in [1.54, 1.807) is 0 Å². The molecule has 0 aliphatic heterocycles. The van der Waals surface area contributed by atoms with Crippen molar-refractivity contribution < 1.29 is 4.79 Å². The summed E-state index contributed by atoms with van der Waals surface area (Å²) in [6.07, 6.45) is 2.17. The van der Waals surface area contributed by atoms with Crippen molar-refractivity contribution in [1.82, 2.24) is 9.88 Å². The minimum atomic E-state index is 0.00498. The summed E-state index contributed by atoms with van der Waals surface area (Å²) in [6.45, 7) is 7.71. The molecule has 0 bridgehead atoms. The van der Waals surface area contributed by atoms with Gasteiger partial charge in [-0.3, -0.25) is 4.79 Å². The van der Waals surface area contributed by atoms with E-state index < -0.39 is 0 Å². The molecule has 1 N–H and O–H groups in total. The van der Waals surface area contributed by atoms with Crippen LogP contribution in [0.2, 0.25) is 0 Å². The number of carbonyl (C=O) groups excluding carboxylic acids is 1. The van der Waals surface area contributed by atoms with E-state index in [1.165, 1.54) is 10.9 Å². The number of aromatic nitrogens is 1. The Balaban J connectivity index is 1.89. The minimum absolute atomic E-state index is 0.00498. The zero-order chi connectivity index (χ0) is 17.8. The third-order valence-corrected chi connectivity index (χ3v) is 4.75. The molecule has 0 saturated carbocycles. The first-order valence-electron chi connectivity index (χ1n) is 9.03. The van der Waals surface area contributed by atoms with Crippen molar-refractivity contribution in [3.05, 3.63) is 70.9 Å². The summed E-state index contributed by atoms with van der Waals surface area (Å²) < 4.78 is 2.18. The molecule has 0 saturated heterocycles. The average molecular weight is 334 g/mol. The Labute approximate surface area is 149 Å². The van der Waals surface area contributed by atoms with E-state index in [4.69, 9.17) is 0 Å². The molecule has 2 aromatic carbocycles. The van der Waals surface area contributed by atoms with Gasteiger partial charge in [0, 0.05) is 24.0 Å². The molecular weight excluding hydrogens is 308 g/mol. The van der Waals surface area contributed by atoms with Gasteiger partial charge < -0.3 is 9.88 Å². The second kappa shape index (κ2) is 7.56. The van der Waals surface area contributed by atoms with E-state index in [-0.39, 0.29) is 5.91 Å². The average Bonchev–Trinajstić information content (AvgIpc) is 2.91. The van der Waals surface area contributed by atoms with Crippen molar-refractivity contribution in [2.24, 2.45) is 0 Å². The molecule has 3 heteroatoms. The number of carbonyl (C=O) groups is 1. The van der Waals surface area contributed by atoms with Gasteiger partial charge in [0.2, 0.25) is 0 Å². The van der Waals surface area contributed by atoms with Crippen LogP contribution in [-0.2, 0) is 13.1 Å². The van der Waals surface area contributed by atoms with E-state index >= 15 is 0 Å². The molecule has 0 atom stereocenters. The third-order valence-electron chi connectivity index (χ3n) is 4.75. The van der Waals surface area contributed by atoms with Crippen LogP contribution in [0.5, 0.6) is 0 Å². The van der Waals surface area contributed by atoms with Crippen molar-refractivity contribution in [3.63, 3.8) is 0 Å². The Kier molecular flexibility index (Phi) is 5.22. The number of aryl methyl sites for hydroxylation is 3. The van der Waals surface area contributed by atoms with Gasteiger partial charge in [-0.15, -0.1) is 0 Å². The minimum Gasteiger partial charge on any atom is -0.347 e. The molecule has 3 nitrogen and oxygen atoms in total. The smallest absolute Gasteiger partial charge is 0.268 e. The number of nitrogens with zero attached hydrogens (tertiary/aromatic N) is 1. The fraction of sp³-hybridized carbons (Fsp3) is 0.318. The molecule has 130 valence electrons. The number of nitrogens with one attached hydrogen (secondary N) is 1. The molecule has 0 radical (unpaired) electrons. The SMILES string of the molecule is CCCCn1c(C(=O)NCc2ccc(C)cc2)c(C)c2ccccc21. The molecule has 1 aromatic heterocycles. The number of rotatable bonds is 6. The van der Waals surface area contributed by atoms with Gasteiger partial charge in [-0.1, -0.05) is 61.4 Å². The maximum atomic E-state index is 12.9. The van der Waals surface area contributed by atoms with Crippen LogP contribution in [0.3, 0.4) is 0 Å². The number of amides is 1. The number of hydrogen-bond acceptors (Lipinski definition) is 1. The quantitative estimate of drug-likeness (QED) is 0.677. The van der Waals surface area contributed by atoms with Crippen LogP contribution in [0.15, 0.2) is 48.5 Å². The summed E-state index contributed by atoms with van der Waals surface area (Å²) in [5.74, 6) is 0.00498. The first kappa shape index (κ1) is 17.3. The standard InChI is InChI=1S/C22H26N2O/c1-4-5-14-24-20-9-7-6-8-19(20)17(3)21(24)22(25)23-15-18-12-10-16(2)11-13-18/h6-13H,4-5,14-15H2,1-3H3,(H,23,25). The number of unbranched alkanes of at least 4 members (excludes halogenated alkanes) is 1. The first-order valence-corrected chi connectivity index (χ1v) is 9.03. The van der Waals surface area contributed by atoms with Gasteiger partial charge >= 0.3 is 0 Å². The van der Waals surface area contributed by atoms with Crippen molar-refractivity contribution in [1.29, 1.82) is 0 Å². The Bertz CT molecular complexity index is 875. The van der Waals surface area contributed by atoms with Crippen LogP contribution in [0.1, 0.15) is 46.9 Å². The molecule has 3 rings (SSSR count). The van der Waals surface area contributed by atoms with E-state index in [0.29, 0.717) is 6.54 Å². The highest BCUT2D eigenvalue weighted by Gasteiger charge is 2.19. The van der Waals surface area contributed by atoms with Crippen molar-refractivity contribution in [2.75, 3.05) is 0 Å². The fourth-order valence-electron chi connectivity index (χ4n) is 3.29. The molecule has 1 heterocycles. The lowest BCUT2D eigenvalue weighted by atomic mass is 10.1. The molecule has 3 aromatic rings. The monoisotopic (exact) mass is 334 g/mol. The highest BCUT2D eigenvalue weighted by molar-refractivity contribution is 6.01. The molecule has 0 spiro atoms. The normalized spacial score (nSPS) is 11.0. The number of fused-ring (bicyclic) bond motifs is 1. The van der Waals surface area contributed by atoms with Crippen molar-refractivity contribution >= 4 is 16.8 Å². The van der Waals surface area contributed by atoms with Gasteiger partial charge in [-0.25, -0.2) is 0 Å². The Morgan fingerprint density at radius 2 is 1.76 bits per heavy atom. The zero-order valence-corrected chi connectivity index (χ0v) is 15.3. The van der Waals surface area contributed by atoms with Crippen LogP contribution in [0.4, 0.5) is 0 Å². The molecule has 1 amide bonds. The van der Waals surface area contributed by atoms with Crippen LogP contribution >= 0.6 is 0 Å². The van der Waals surface area contributed by atoms with Gasteiger partial charge in [0.25, 0.3) is 5.91 Å². The summed E-state index contributed by atoms with van der Waals surface area (Å²) >= 11 is 0. The molecule has 0 aliphatic carbocycles. The lowest BCUT2D eigenvalue weighted by molar-refractivity contribution is 0.0941. The first-order chi connectivity index (χ1) is 12.1. The number of benzene rings is 2. The second-order valence-corrected chi connectivity index (χ2v) is 6.66. The van der Waals surface area contributed by atoms with Crippen LogP contribution in [-0.4, -0.2) is 10.5 Å². The fourth-order valence-corrected chi connectivity index (χ4v) is 3.29.